The Morgan fingerprint density at radius 1 is 1.08 bits per heavy atom. The average molecular weight is 337 g/mol. The maximum Gasteiger partial charge on any atom is 0.419 e. The van der Waals surface area contributed by atoms with E-state index in [1.54, 1.807) is 24.3 Å². The van der Waals surface area contributed by atoms with Gasteiger partial charge in [0.2, 0.25) is 0 Å². The van der Waals surface area contributed by atoms with Gasteiger partial charge >= 0.3 is 6.18 Å². The molecule has 3 aromatic rings. The Morgan fingerprint density at radius 3 is 2.54 bits per heavy atom. The predicted molar refractivity (Wildman–Crippen MR) is 78.8 cm³/mol. The van der Waals surface area contributed by atoms with Crippen LogP contribution in [0.5, 0.6) is 0 Å². The Balaban J connectivity index is 1.74. The Bertz CT molecular complexity index is 866. The summed E-state index contributed by atoms with van der Waals surface area (Å²) >= 11 is 0. The largest absolute Gasteiger partial charge is 0.451 e. The highest BCUT2D eigenvalue weighted by Crippen LogP contribution is 2.31. The van der Waals surface area contributed by atoms with E-state index < -0.39 is 23.5 Å². The smallest absolute Gasteiger partial charge is 0.419 e. The number of carbonyl (C=O) groups excluding carboxylic acids is 1. The van der Waals surface area contributed by atoms with E-state index in [1.165, 1.54) is 12.1 Å². The van der Waals surface area contributed by atoms with Crippen molar-refractivity contribution < 1.29 is 26.8 Å². The van der Waals surface area contributed by atoms with Crippen LogP contribution in [0.1, 0.15) is 21.7 Å². The molecule has 7 heteroatoms. The molecular weight excluding hydrogens is 326 g/mol. The molecule has 1 N–H and O–H groups in total. The van der Waals surface area contributed by atoms with Crippen LogP contribution in [-0.2, 0) is 12.7 Å². The first kappa shape index (κ1) is 16.0. The van der Waals surface area contributed by atoms with Crippen LogP contribution in [0.2, 0.25) is 0 Å². The number of benzene rings is 2. The summed E-state index contributed by atoms with van der Waals surface area (Å²) in [6.45, 7) is -0.181. The van der Waals surface area contributed by atoms with E-state index in [-0.39, 0.29) is 17.9 Å². The van der Waals surface area contributed by atoms with Gasteiger partial charge in [-0.25, -0.2) is 4.39 Å². The van der Waals surface area contributed by atoms with Crippen LogP contribution in [0.3, 0.4) is 0 Å². The van der Waals surface area contributed by atoms with E-state index in [1.807, 2.05) is 0 Å². The fourth-order valence-corrected chi connectivity index (χ4v) is 2.26. The lowest BCUT2D eigenvalue weighted by atomic mass is 10.1. The molecule has 0 radical (unpaired) electrons. The lowest BCUT2D eigenvalue weighted by Gasteiger charge is -2.10. The van der Waals surface area contributed by atoms with Crippen LogP contribution in [0, 0.1) is 5.82 Å². The van der Waals surface area contributed by atoms with Gasteiger partial charge in [-0.2, -0.15) is 13.2 Å². The maximum atomic E-state index is 13.2. The molecule has 0 atom stereocenters. The van der Waals surface area contributed by atoms with Gasteiger partial charge in [0.25, 0.3) is 5.91 Å². The zero-order valence-electron chi connectivity index (χ0n) is 12.2. The van der Waals surface area contributed by atoms with Crippen LogP contribution >= 0.6 is 0 Å². The molecule has 0 saturated carbocycles. The number of amides is 1. The number of fused-ring (bicyclic) bond motifs is 1. The molecule has 2 aromatic carbocycles. The molecule has 0 aliphatic heterocycles. The van der Waals surface area contributed by atoms with Crippen LogP contribution in [0.15, 0.2) is 52.9 Å². The van der Waals surface area contributed by atoms with Crippen LogP contribution in [0.4, 0.5) is 17.6 Å². The first-order valence-corrected chi connectivity index (χ1v) is 6.97. The van der Waals surface area contributed by atoms with Crippen LogP contribution in [0.25, 0.3) is 11.0 Å². The first-order valence-electron chi connectivity index (χ1n) is 6.97. The highest BCUT2D eigenvalue weighted by atomic mass is 19.4. The highest BCUT2D eigenvalue weighted by molar-refractivity contribution is 5.96. The molecule has 0 bridgehead atoms. The topological polar surface area (TPSA) is 42.2 Å². The molecule has 1 amide bonds. The summed E-state index contributed by atoms with van der Waals surface area (Å²) < 4.78 is 56.6. The molecule has 1 aromatic heterocycles. The number of para-hydroxylation sites is 1. The Kier molecular flexibility index (Phi) is 4.01. The average Bonchev–Trinajstić information content (AvgIpc) is 2.97. The summed E-state index contributed by atoms with van der Waals surface area (Å²) in [4.78, 5) is 12.0. The number of furan rings is 1. The minimum absolute atomic E-state index is 0.0503. The highest BCUT2D eigenvalue weighted by Gasteiger charge is 2.34. The van der Waals surface area contributed by atoms with E-state index in [2.05, 4.69) is 5.32 Å². The Hall–Kier alpha value is -2.83. The first-order chi connectivity index (χ1) is 11.3. The zero-order valence-corrected chi connectivity index (χ0v) is 12.2. The van der Waals surface area contributed by atoms with Gasteiger partial charge in [0, 0.05) is 11.9 Å². The standard InChI is InChI=1S/C17H11F4NO2/c18-13-6-5-10(7-12(13)17(19,20)21)9-22-16(23)15-8-11-3-1-2-4-14(11)24-15/h1-8H,9H2,(H,22,23). The normalized spacial score (nSPS) is 11.7. The maximum absolute atomic E-state index is 13.2. The number of carbonyl (C=O) groups is 1. The number of rotatable bonds is 3. The van der Waals surface area contributed by atoms with Crippen molar-refractivity contribution in [3.8, 4) is 0 Å². The second-order valence-electron chi connectivity index (χ2n) is 5.14. The van der Waals surface area contributed by atoms with Crippen molar-refractivity contribution in [1.82, 2.24) is 5.32 Å². The molecule has 0 fully saturated rings. The fraction of sp³-hybridized carbons (Fsp3) is 0.118. The number of hydrogen-bond acceptors (Lipinski definition) is 2. The van der Waals surface area contributed by atoms with Crippen LogP contribution < -0.4 is 5.32 Å². The molecule has 0 spiro atoms. The van der Waals surface area contributed by atoms with Crippen molar-refractivity contribution in [2.75, 3.05) is 0 Å². The molecule has 0 unspecified atom stereocenters. The van der Waals surface area contributed by atoms with Crippen molar-refractivity contribution in [1.29, 1.82) is 0 Å². The van der Waals surface area contributed by atoms with E-state index in [0.29, 0.717) is 11.6 Å². The third-order valence-corrected chi connectivity index (χ3v) is 3.44. The van der Waals surface area contributed by atoms with E-state index in [9.17, 15) is 22.4 Å². The number of halogens is 4. The van der Waals surface area contributed by atoms with Gasteiger partial charge in [-0.3, -0.25) is 4.79 Å². The summed E-state index contributed by atoms with van der Waals surface area (Å²) in [6.07, 6.45) is -4.79. The van der Waals surface area contributed by atoms with Crippen molar-refractivity contribution >= 4 is 16.9 Å². The number of nitrogens with one attached hydrogen (secondary N) is 1. The molecule has 0 aliphatic rings. The van der Waals surface area contributed by atoms with Gasteiger partial charge in [0.1, 0.15) is 11.4 Å². The molecule has 0 saturated heterocycles. The molecule has 0 aliphatic carbocycles. The van der Waals surface area contributed by atoms with Crippen molar-refractivity contribution in [2.24, 2.45) is 0 Å². The predicted octanol–water partition coefficient (Wildman–Crippen LogP) is 4.52. The van der Waals surface area contributed by atoms with Gasteiger partial charge in [-0.05, 0) is 29.8 Å². The molecule has 1 heterocycles. The summed E-state index contributed by atoms with van der Waals surface area (Å²) in [5.74, 6) is -1.87. The quantitative estimate of drug-likeness (QED) is 0.714. The minimum Gasteiger partial charge on any atom is -0.451 e. The summed E-state index contributed by atoms with van der Waals surface area (Å²) in [5, 5.41) is 3.19. The monoisotopic (exact) mass is 337 g/mol. The van der Waals surface area contributed by atoms with Gasteiger partial charge < -0.3 is 9.73 Å². The van der Waals surface area contributed by atoms with Gasteiger partial charge in [-0.1, -0.05) is 24.3 Å². The molecule has 3 rings (SSSR count). The lowest BCUT2D eigenvalue weighted by molar-refractivity contribution is -0.140. The van der Waals surface area contributed by atoms with Gasteiger partial charge in [0.05, 0.1) is 5.56 Å². The fourth-order valence-electron chi connectivity index (χ4n) is 2.26. The Morgan fingerprint density at radius 2 is 1.83 bits per heavy atom. The molecule has 124 valence electrons. The minimum atomic E-state index is -4.79. The third kappa shape index (κ3) is 3.24. The van der Waals surface area contributed by atoms with E-state index in [0.717, 1.165) is 11.5 Å². The third-order valence-electron chi connectivity index (χ3n) is 3.44. The van der Waals surface area contributed by atoms with E-state index >= 15 is 0 Å². The number of alkyl halides is 3. The van der Waals surface area contributed by atoms with E-state index in [4.69, 9.17) is 4.42 Å². The molecule has 3 nitrogen and oxygen atoms in total. The van der Waals surface area contributed by atoms with Crippen molar-refractivity contribution in [3.63, 3.8) is 0 Å². The summed E-state index contributed by atoms with van der Waals surface area (Å²) in [5.41, 5.74) is -0.699. The second-order valence-corrected chi connectivity index (χ2v) is 5.14. The molecular formula is C17H11F4NO2. The second kappa shape index (κ2) is 5.99. The SMILES string of the molecule is O=C(NCc1ccc(F)c(C(F)(F)F)c1)c1cc2ccccc2o1. The molecule has 24 heavy (non-hydrogen) atoms. The number of hydrogen-bond donors (Lipinski definition) is 1. The van der Waals surface area contributed by atoms with Gasteiger partial charge in [-0.15, -0.1) is 0 Å². The Labute approximate surface area is 133 Å². The van der Waals surface area contributed by atoms with Crippen molar-refractivity contribution in [3.05, 3.63) is 71.2 Å². The van der Waals surface area contributed by atoms with Gasteiger partial charge in [0.15, 0.2) is 5.76 Å². The summed E-state index contributed by atoms with van der Waals surface area (Å²) in [7, 11) is 0. The lowest BCUT2D eigenvalue weighted by Crippen LogP contribution is -2.22. The zero-order chi connectivity index (χ0) is 17.3. The van der Waals surface area contributed by atoms with Crippen molar-refractivity contribution in [2.45, 2.75) is 12.7 Å². The van der Waals surface area contributed by atoms with Crippen LogP contribution in [-0.4, -0.2) is 5.91 Å². The summed E-state index contributed by atoms with van der Waals surface area (Å²) in [6, 6.07) is 11.1.